The van der Waals surface area contributed by atoms with E-state index in [0.717, 1.165) is 12.1 Å². The minimum atomic E-state index is -4.41. The first kappa shape index (κ1) is 26.1. The van der Waals surface area contributed by atoms with Gasteiger partial charge in [0.25, 0.3) is 0 Å². The van der Waals surface area contributed by atoms with Crippen molar-refractivity contribution in [1.82, 2.24) is 0 Å². The number of halogens is 3. The van der Waals surface area contributed by atoms with E-state index < -0.39 is 36.0 Å². The van der Waals surface area contributed by atoms with E-state index in [0.29, 0.717) is 24.8 Å². The molecule has 0 amide bonds. The molecule has 0 unspecified atom stereocenters. The van der Waals surface area contributed by atoms with Crippen LogP contribution in [0.5, 0.6) is 0 Å². The Hall–Kier alpha value is -2.16. The average molecular weight is 457 g/mol. The average Bonchev–Trinajstić information content (AvgIpc) is 2.99. The molecule has 1 saturated carbocycles. The van der Waals surface area contributed by atoms with Gasteiger partial charge in [0.2, 0.25) is 0 Å². The number of carboxylic acid groups (broad SMARTS) is 1. The number of aryl methyl sites for hydroxylation is 1. The number of aliphatic hydroxyl groups excluding tert-OH is 3. The third-order valence-electron chi connectivity index (χ3n) is 5.79. The zero-order valence-electron chi connectivity index (χ0n) is 17.8. The first-order valence-electron chi connectivity index (χ1n) is 10.8. The van der Waals surface area contributed by atoms with Gasteiger partial charge in [-0.2, -0.15) is 13.2 Å². The minimum absolute atomic E-state index is 0.0961. The first-order valence-corrected chi connectivity index (χ1v) is 10.8. The maximum atomic E-state index is 12.8. The summed E-state index contributed by atoms with van der Waals surface area (Å²) in [5, 5.41) is 39.4. The molecule has 32 heavy (non-hydrogen) atoms. The molecule has 4 N–H and O–H groups in total. The quantitative estimate of drug-likeness (QED) is 0.297. The summed E-state index contributed by atoms with van der Waals surface area (Å²) in [6, 6.07) is 5.01. The molecule has 0 aromatic heterocycles. The van der Waals surface area contributed by atoms with Gasteiger partial charge < -0.3 is 20.4 Å². The third kappa shape index (κ3) is 8.41. The van der Waals surface area contributed by atoms with Gasteiger partial charge in [0.05, 0.1) is 23.9 Å². The van der Waals surface area contributed by atoms with Gasteiger partial charge in [-0.3, -0.25) is 4.79 Å². The van der Waals surface area contributed by atoms with Crippen LogP contribution in [-0.2, 0) is 17.4 Å². The summed E-state index contributed by atoms with van der Waals surface area (Å²) in [5.74, 6) is -1.42. The van der Waals surface area contributed by atoms with Crippen molar-refractivity contribution >= 4 is 5.97 Å². The van der Waals surface area contributed by atoms with Crippen molar-refractivity contribution in [3.8, 4) is 0 Å². The van der Waals surface area contributed by atoms with Gasteiger partial charge in [-0.25, -0.2) is 0 Å². The molecule has 1 fully saturated rings. The van der Waals surface area contributed by atoms with Gasteiger partial charge in [-0.15, -0.1) is 0 Å². The van der Waals surface area contributed by atoms with Crippen molar-refractivity contribution < 1.29 is 38.4 Å². The highest BCUT2D eigenvalue weighted by Crippen LogP contribution is 2.36. The normalized spacial score (nSPS) is 25.1. The second-order valence-corrected chi connectivity index (χ2v) is 8.29. The molecule has 0 aliphatic heterocycles. The monoisotopic (exact) mass is 456 g/mol. The van der Waals surface area contributed by atoms with E-state index in [4.69, 9.17) is 5.11 Å². The van der Waals surface area contributed by atoms with E-state index >= 15 is 0 Å². The molecule has 0 saturated heterocycles. The SMILES string of the molecule is O=C(O)CCC/C=C\C[C@@H]1[C@@H](/C=C/[C@@H](O)CCc2cccc(C(F)(F)F)c2)[C@H](O)C[C@@H]1O. The molecule has 178 valence electrons. The molecule has 5 atom stereocenters. The largest absolute Gasteiger partial charge is 0.481 e. The lowest BCUT2D eigenvalue weighted by molar-refractivity contribution is -0.138. The number of carboxylic acids is 1. The Morgan fingerprint density at radius 3 is 2.62 bits per heavy atom. The molecule has 0 bridgehead atoms. The standard InChI is InChI=1S/C24H31F3O5/c25-24(26,27)17-7-5-6-16(14-17)10-11-18(28)12-13-20-19(21(29)15-22(20)30)8-3-1-2-4-9-23(31)32/h1,3,5-7,12-14,18-22,28-30H,2,4,8-11,15H2,(H,31,32)/b3-1-,13-12+/t18-,19+,20+,21-,22+/m0/s1. The Kier molecular flexibility index (Phi) is 9.93. The van der Waals surface area contributed by atoms with Gasteiger partial charge in [0, 0.05) is 18.8 Å². The second-order valence-electron chi connectivity index (χ2n) is 8.29. The lowest BCUT2D eigenvalue weighted by Crippen LogP contribution is -2.20. The molecule has 1 aromatic carbocycles. The van der Waals surface area contributed by atoms with Crippen LogP contribution in [0.3, 0.4) is 0 Å². The molecule has 1 aliphatic rings. The van der Waals surface area contributed by atoms with E-state index in [1.54, 1.807) is 12.1 Å². The topological polar surface area (TPSA) is 98.0 Å². The summed E-state index contributed by atoms with van der Waals surface area (Å²) < 4.78 is 38.4. The first-order chi connectivity index (χ1) is 15.1. The van der Waals surface area contributed by atoms with Crippen LogP contribution in [0, 0.1) is 11.8 Å². The van der Waals surface area contributed by atoms with Crippen molar-refractivity contribution in [1.29, 1.82) is 0 Å². The third-order valence-corrected chi connectivity index (χ3v) is 5.79. The van der Waals surface area contributed by atoms with Gasteiger partial charge in [0.15, 0.2) is 0 Å². The molecule has 1 aliphatic carbocycles. The maximum Gasteiger partial charge on any atom is 0.416 e. The van der Waals surface area contributed by atoms with Gasteiger partial charge >= 0.3 is 12.1 Å². The highest BCUT2D eigenvalue weighted by Gasteiger charge is 2.39. The number of aliphatic carboxylic acids is 1. The van der Waals surface area contributed by atoms with E-state index in [-0.39, 0.29) is 37.5 Å². The fourth-order valence-corrected chi connectivity index (χ4v) is 4.02. The number of benzene rings is 1. The predicted octanol–water partition coefficient (Wildman–Crippen LogP) is 4.11. The van der Waals surface area contributed by atoms with Crippen LogP contribution < -0.4 is 0 Å². The number of hydrogen-bond acceptors (Lipinski definition) is 4. The van der Waals surface area contributed by atoms with Crippen molar-refractivity contribution in [2.75, 3.05) is 0 Å². The van der Waals surface area contributed by atoms with Gasteiger partial charge in [-0.05, 0) is 49.7 Å². The smallest absolute Gasteiger partial charge is 0.416 e. The molecule has 0 spiro atoms. The highest BCUT2D eigenvalue weighted by atomic mass is 19.4. The zero-order chi connectivity index (χ0) is 23.7. The number of unbranched alkanes of at least 4 members (excludes halogenated alkanes) is 1. The molecule has 5 nitrogen and oxygen atoms in total. The Morgan fingerprint density at radius 2 is 1.94 bits per heavy atom. The van der Waals surface area contributed by atoms with Gasteiger partial charge in [-0.1, -0.05) is 42.5 Å². The van der Waals surface area contributed by atoms with E-state index in [2.05, 4.69) is 0 Å². The van der Waals surface area contributed by atoms with E-state index in [9.17, 15) is 33.3 Å². The van der Waals surface area contributed by atoms with Gasteiger partial charge in [0.1, 0.15) is 0 Å². The minimum Gasteiger partial charge on any atom is -0.481 e. The zero-order valence-corrected chi connectivity index (χ0v) is 17.8. The number of rotatable bonds is 11. The Morgan fingerprint density at radius 1 is 1.19 bits per heavy atom. The summed E-state index contributed by atoms with van der Waals surface area (Å²) >= 11 is 0. The van der Waals surface area contributed by atoms with Crippen molar-refractivity contribution in [3.63, 3.8) is 0 Å². The molecular weight excluding hydrogens is 425 g/mol. The van der Waals surface area contributed by atoms with Crippen molar-refractivity contribution in [2.24, 2.45) is 11.8 Å². The lowest BCUT2D eigenvalue weighted by atomic mass is 9.89. The molecular formula is C24H31F3O5. The Labute approximate surface area is 185 Å². The summed E-state index contributed by atoms with van der Waals surface area (Å²) in [4.78, 5) is 10.5. The van der Waals surface area contributed by atoms with Crippen LogP contribution in [-0.4, -0.2) is 44.7 Å². The van der Waals surface area contributed by atoms with Crippen LogP contribution in [0.1, 0.15) is 49.7 Å². The highest BCUT2D eigenvalue weighted by molar-refractivity contribution is 5.66. The second kappa shape index (κ2) is 12.2. The van der Waals surface area contributed by atoms with E-state index in [1.165, 1.54) is 12.1 Å². The maximum absolute atomic E-state index is 12.8. The van der Waals surface area contributed by atoms with Crippen LogP contribution in [0.4, 0.5) is 13.2 Å². The molecule has 0 heterocycles. The molecule has 8 heteroatoms. The van der Waals surface area contributed by atoms with Crippen LogP contribution in [0.25, 0.3) is 0 Å². The molecule has 2 rings (SSSR count). The fourth-order valence-electron chi connectivity index (χ4n) is 4.02. The Balaban J connectivity index is 1.87. The number of hydrogen-bond donors (Lipinski definition) is 4. The Bertz CT molecular complexity index is 790. The lowest BCUT2D eigenvalue weighted by Gasteiger charge is -2.19. The number of allylic oxidation sites excluding steroid dienone is 2. The summed E-state index contributed by atoms with van der Waals surface area (Å²) in [5.41, 5.74) is -0.239. The fraction of sp³-hybridized carbons (Fsp3) is 0.542. The summed E-state index contributed by atoms with van der Waals surface area (Å²) in [6.45, 7) is 0. The number of aliphatic hydroxyl groups is 3. The van der Waals surface area contributed by atoms with E-state index in [1.807, 2.05) is 12.2 Å². The van der Waals surface area contributed by atoms with Crippen LogP contribution in [0.2, 0.25) is 0 Å². The van der Waals surface area contributed by atoms with Crippen LogP contribution in [0.15, 0.2) is 48.6 Å². The molecule has 1 aromatic rings. The van der Waals surface area contributed by atoms with Crippen LogP contribution >= 0.6 is 0 Å². The van der Waals surface area contributed by atoms with Crippen molar-refractivity contribution in [2.45, 2.75) is 69.4 Å². The predicted molar refractivity (Wildman–Crippen MR) is 114 cm³/mol. The number of alkyl halides is 3. The summed E-state index contributed by atoms with van der Waals surface area (Å²) in [6.07, 6.45) is 2.71. The summed E-state index contributed by atoms with van der Waals surface area (Å²) in [7, 11) is 0. The number of carbonyl (C=O) groups is 1. The van der Waals surface area contributed by atoms with Crippen molar-refractivity contribution in [3.05, 3.63) is 59.7 Å². The molecule has 0 radical (unpaired) electrons.